The van der Waals surface area contributed by atoms with Crippen LogP contribution in [0.4, 0.5) is 0 Å². The summed E-state index contributed by atoms with van der Waals surface area (Å²) >= 11 is 0. The molecule has 2 atom stereocenters. The second-order valence-electron chi connectivity index (χ2n) is 9.09. The molecule has 0 aromatic heterocycles. The van der Waals surface area contributed by atoms with E-state index in [-0.39, 0.29) is 6.04 Å². The highest BCUT2D eigenvalue weighted by molar-refractivity contribution is 8.30. The topological polar surface area (TPSA) is 35.8 Å². The first-order valence-electron chi connectivity index (χ1n) is 11.0. The molecule has 0 saturated carbocycles. The Kier molecular flexibility index (Phi) is 8.30. The Hall–Kier alpha value is -2.40. The standard InChI is InChI=1S/C28H34N2OS/c1-28(2,3)32(4,31)29-21-27(20-24-14-8-5-9-15-24)30(22-25-16-10-6-11-17-25)23-26-18-12-7-13-19-26/h4-19,21,27,31H,20,22-23H2,1-3H3/b29-21+/t27-/m0/s1. The summed E-state index contributed by atoms with van der Waals surface area (Å²) in [6.07, 6.45) is 8.92. The smallest absolute Gasteiger partial charge is 0.0601 e. The lowest BCUT2D eigenvalue weighted by Crippen LogP contribution is -2.37. The van der Waals surface area contributed by atoms with E-state index in [1.165, 1.54) is 16.7 Å². The maximum atomic E-state index is 10.9. The van der Waals surface area contributed by atoms with Gasteiger partial charge in [-0.2, -0.15) is 0 Å². The fourth-order valence-electron chi connectivity index (χ4n) is 3.38. The van der Waals surface area contributed by atoms with Crippen molar-refractivity contribution in [2.24, 2.45) is 4.40 Å². The normalized spacial score (nSPS) is 16.1. The molecule has 1 unspecified atom stereocenters. The minimum atomic E-state index is -2.62. The van der Waals surface area contributed by atoms with E-state index < -0.39 is 15.2 Å². The van der Waals surface area contributed by atoms with Crippen LogP contribution < -0.4 is 0 Å². The van der Waals surface area contributed by atoms with Crippen LogP contribution in [0.3, 0.4) is 0 Å². The number of hydrogen-bond donors (Lipinski definition) is 1. The lowest BCUT2D eigenvalue weighted by Gasteiger charge is -2.38. The maximum Gasteiger partial charge on any atom is 0.0601 e. The van der Waals surface area contributed by atoms with Crippen molar-refractivity contribution in [3.8, 4) is 0 Å². The summed E-state index contributed by atoms with van der Waals surface area (Å²) < 4.78 is 15.0. The van der Waals surface area contributed by atoms with Crippen molar-refractivity contribution in [3.05, 3.63) is 114 Å². The van der Waals surface area contributed by atoms with Crippen LogP contribution in [0.5, 0.6) is 0 Å². The van der Waals surface area contributed by atoms with E-state index in [0.717, 1.165) is 19.5 Å². The van der Waals surface area contributed by atoms with Gasteiger partial charge in [0.1, 0.15) is 0 Å². The molecule has 0 bridgehead atoms. The molecule has 3 aromatic rings. The van der Waals surface area contributed by atoms with E-state index >= 15 is 0 Å². The first-order valence-corrected chi connectivity index (χ1v) is 12.6. The van der Waals surface area contributed by atoms with E-state index in [4.69, 9.17) is 6.26 Å². The zero-order valence-corrected chi connectivity index (χ0v) is 20.1. The van der Waals surface area contributed by atoms with E-state index in [1.54, 1.807) is 0 Å². The maximum absolute atomic E-state index is 10.9. The van der Waals surface area contributed by atoms with Gasteiger partial charge in [0.25, 0.3) is 0 Å². The summed E-state index contributed by atoms with van der Waals surface area (Å²) in [6, 6.07) is 31.3. The molecule has 0 aliphatic carbocycles. The number of nitrogens with zero attached hydrogens (tertiary/aromatic N) is 2. The number of benzene rings is 3. The fourth-order valence-corrected chi connectivity index (χ4v) is 4.02. The van der Waals surface area contributed by atoms with Crippen LogP contribution in [0.15, 0.2) is 95.4 Å². The molecule has 0 spiro atoms. The van der Waals surface area contributed by atoms with Crippen molar-refractivity contribution in [2.75, 3.05) is 0 Å². The van der Waals surface area contributed by atoms with E-state index in [0.29, 0.717) is 0 Å². The van der Waals surface area contributed by atoms with Gasteiger partial charge in [0.05, 0.1) is 12.3 Å². The molecule has 4 heteroatoms. The van der Waals surface area contributed by atoms with Crippen LogP contribution >= 0.6 is 10.5 Å². The first kappa shape index (κ1) is 24.2. The van der Waals surface area contributed by atoms with Gasteiger partial charge in [-0.1, -0.05) is 91.0 Å². The van der Waals surface area contributed by atoms with Crippen molar-refractivity contribution in [1.29, 1.82) is 0 Å². The molecule has 1 N–H and O–H groups in total. The molecule has 0 amide bonds. The van der Waals surface area contributed by atoms with Crippen LogP contribution in [-0.4, -0.2) is 26.5 Å². The predicted octanol–water partition coefficient (Wildman–Crippen LogP) is 7.03. The summed E-state index contributed by atoms with van der Waals surface area (Å²) in [5.74, 6) is 0. The SMILES string of the molecule is [CH]S(O)(/N=C/[C@H](Cc1ccccc1)N(Cc1ccccc1)Cc1ccccc1)C(C)(C)C. The summed E-state index contributed by atoms with van der Waals surface area (Å²) in [7, 11) is -2.62. The van der Waals surface area contributed by atoms with Gasteiger partial charge in [0, 0.05) is 24.1 Å². The van der Waals surface area contributed by atoms with Gasteiger partial charge in [-0.25, -0.2) is 4.40 Å². The lowest BCUT2D eigenvalue weighted by atomic mass is 10.0. The van der Waals surface area contributed by atoms with E-state index in [1.807, 2.05) is 45.2 Å². The second-order valence-corrected chi connectivity index (χ2v) is 11.7. The molecule has 0 heterocycles. The monoisotopic (exact) mass is 446 g/mol. The first-order chi connectivity index (χ1) is 15.2. The molecule has 0 saturated heterocycles. The van der Waals surface area contributed by atoms with Gasteiger partial charge in [0.2, 0.25) is 0 Å². The molecule has 3 aromatic carbocycles. The Morgan fingerprint density at radius 1 is 0.812 bits per heavy atom. The predicted molar refractivity (Wildman–Crippen MR) is 139 cm³/mol. The molecule has 32 heavy (non-hydrogen) atoms. The Bertz CT molecular complexity index is 925. The minimum absolute atomic E-state index is 0.0252. The van der Waals surface area contributed by atoms with Crippen LogP contribution in [0.25, 0.3) is 0 Å². The molecule has 3 rings (SSSR count). The second kappa shape index (κ2) is 11.0. The van der Waals surface area contributed by atoms with Crippen molar-refractivity contribution in [1.82, 2.24) is 4.90 Å². The van der Waals surface area contributed by atoms with Crippen LogP contribution in [0.1, 0.15) is 37.5 Å². The highest BCUT2D eigenvalue weighted by Gasteiger charge is 2.30. The zero-order chi connectivity index (χ0) is 23.0. The number of hydrogen-bond acceptors (Lipinski definition) is 3. The molecular weight excluding hydrogens is 412 g/mol. The minimum Gasteiger partial charge on any atom is -0.331 e. The highest BCUT2D eigenvalue weighted by atomic mass is 32.3. The van der Waals surface area contributed by atoms with Gasteiger partial charge in [-0.15, -0.1) is 0 Å². The Morgan fingerprint density at radius 3 is 1.62 bits per heavy atom. The Balaban J connectivity index is 1.96. The number of rotatable bonds is 9. The van der Waals surface area contributed by atoms with Gasteiger partial charge in [-0.05, 0) is 54.4 Å². The van der Waals surface area contributed by atoms with Crippen LogP contribution in [0, 0.1) is 6.26 Å². The van der Waals surface area contributed by atoms with Crippen molar-refractivity contribution >= 4 is 16.7 Å². The molecule has 0 fully saturated rings. The fraction of sp³-hybridized carbons (Fsp3) is 0.286. The van der Waals surface area contributed by atoms with Crippen molar-refractivity contribution in [2.45, 2.75) is 51.1 Å². The summed E-state index contributed by atoms with van der Waals surface area (Å²) in [5, 5.41) is 0. The Morgan fingerprint density at radius 2 is 1.22 bits per heavy atom. The average molecular weight is 447 g/mol. The molecule has 2 radical (unpaired) electrons. The summed E-state index contributed by atoms with van der Waals surface area (Å²) in [5.41, 5.74) is 3.70. The highest BCUT2D eigenvalue weighted by Crippen LogP contribution is 2.55. The average Bonchev–Trinajstić information content (AvgIpc) is 2.77. The van der Waals surface area contributed by atoms with Crippen LogP contribution in [0.2, 0.25) is 0 Å². The van der Waals surface area contributed by atoms with Crippen molar-refractivity contribution in [3.63, 3.8) is 0 Å². The van der Waals surface area contributed by atoms with Gasteiger partial charge in [0.15, 0.2) is 0 Å². The summed E-state index contributed by atoms with van der Waals surface area (Å²) in [4.78, 5) is 2.40. The van der Waals surface area contributed by atoms with E-state index in [9.17, 15) is 4.55 Å². The molecule has 3 nitrogen and oxygen atoms in total. The third-order valence-electron chi connectivity index (χ3n) is 5.51. The molecular formula is C28H34N2OS. The Labute approximate surface area is 195 Å². The van der Waals surface area contributed by atoms with Gasteiger partial charge >= 0.3 is 0 Å². The molecule has 168 valence electrons. The molecule has 0 aliphatic rings. The van der Waals surface area contributed by atoms with Gasteiger partial charge < -0.3 is 4.55 Å². The van der Waals surface area contributed by atoms with E-state index in [2.05, 4.69) is 82.1 Å². The molecule has 0 aliphatic heterocycles. The summed E-state index contributed by atoms with van der Waals surface area (Å²) in [6.45, 7) is 7.33. The zero-order valence-electron chi connectivity index (χ0n) is 19.3. The largest absolute Gasteiger partial charge is 0.331 e. The lowest BCUT2D eigenvalue weighted by molar-refractivity contribution is 0.225. The third-order valence-corrected chi connectivity index (χ3v) is 7.75. The van der Waals surface area contributed by atoms with Crippen molar-refractivity contribution < 1.29 is 4.55 Å². The van der Waals surface area contributed by atoms with Gasteiger partial charge in [-0.3, -0.25) is 4.90 Å². The van der Waals surface area contributed by atoms with Crippen LogP contribution in [-0.2, 0) is 19.5 Å². The third kappa shape index (κ3) is 7.06. The quantitative estimate of drug-likeness (QED) is 0.358.